The molecule has 1 fully saturated rings. The molecular formula is C26H30BrClN4O8. The molecule has 3 aliphatic rings. The fourth-order valence-corrected chi connectivity index (χ4v) is 6.66. The van der Waals surface area contributed by atoms with Gasteiger partial charge in [0.25, 0.3) is 5.91 Å². The van der Waals surface area contributed by atoms with Crippen molar-refractivity contribution in [3.63, 3.8) is 0 Å². The summed E-state index contributed by atoms with van der Waals surface area (Å²) in [6, 6.07) is -1.19. The number of aromatic hydroxyl groups is 1. The van der Waals surface area contributed by atoms with Gasteiger partial charge in [-0.2, -0.15) is 0 Å². The van der Waals surface area contributed by atoms with E-state index in [-0.39, 0.29) is 34.7 Å². The number of rotatable bonds is 5. The van der Waals surface area contributed by atoms with Crippen molar-refractivity contribution in [2.75, 3.05) is 38.4 Å². The molecule has 0 bridgehead atoms. The second kappa shape index (κ2) is 10.1. The number of halogens is 2. The van der Waals surface area contributed by atoms with E-state index in [4.69, 9.17) is 17.3 Å². The number of amides is 2. The number of carbonyl (C=O) groups excluding carboxylic acids is 4. The Balaban J connectivity index is 2.02. The van der Waals surface area contributed by atoms with Gasteiger partial charge in [0.2, 0.25) is 11.7 Å². The zero-order chi connectivity index (χ0) is 30.2. The van der Waals surface area contributed by atoms with Crippen LogP contribution in [0.15, 0.2) is 16.9 Å². The number of likely N-dealkylation sites (N-methyl/N-ethyl adjacent to an activating group) is 1. The smallest absolute Gasteiger partial charge is 0.255 e. The van der Waals surface area contributed by atoms with Gasteiger partial charge in [-0.3, -0.25) is 24.1 Å². The van der Waals surface area contributed by atoms with Gasteiger partial charge in [-0.05, 0) is 45.3 Å². The number of anilines is 2. The third-order valence-electron chi connectivity index (χ3n) is 7.86. The first-order valence-corrected chi connectivity index (χ1v) is 13.6. The third kappa shape index (κ3) is 4.09. The van der Waals surface area contributed by atoms with Gasteiger partial charge in [-0.25, -0.2) is 0 Å². The molecule has 0 radical (unpaired) electrons. The lowest BCUT2D eigenvalue weighted by Gasteiger charge is -2.50. The molecule has 40 heavy (non-hydrogen) atoms. The number of hydrogen-bond acceptors (Lipinski definition) is 10. The summed E-state index contributed by atoms with van der Waals surface area (Å²) in [5.74, 6) is -8.22. The highest BCUT2D eigenvalue weighted by atomic mass is 79.9. The minimum atomic E-state index is -2.75. The highest BCUT2D eigenvalue weighted by Crippen LogP contribution is 2.56. The Kier molecular flexibility index (Phi) is 7.50. The van der Waals surface area contributed by atoms with E-state index in [0.29, 0.717) is 11.3 Å². The van der Waals surface area contributed by atoms with Crippen molar-refractivity contribution >= 4 is 68.0 Å². The van der Waals surface area contributed by atoms with Crippen molar-refractivity contribution in [1.82, 2.24) is 4.90 Å². The van der Waals surface area contributed by atoms with E-state index in [2.05, 4.69) is 21.2 Å². The normalized spacial score (nSPS) is 26.8. The number of fused-ring (bicyclic) bond motifs is 3. The second-order valence-corrected chi connectivity index (χ2v) is 12.5. The number of Topliss-reactive ketones (excluding diaryl/α,β-unsaturated/α-hetero) is 2. The topological polar surface area (TPSA) is 194 Å². The maximum atomic E-state index is 14.0. The molecular weight excluding hydrogens is 612 g/mol. The zero-order valence-corrected chi connectivity index (χ0v) is 24.7. The number of phenols is 1. The largest absolute Gasteiger partial charge is 0.508 e. The molecule has 1 aromatic rings. The Morgan fingerprint density at radius 3 is 2.27 bits per heavy atom. The van der Waals surface area contributed by atoms with Crippen LogP contribution in [0.5, 0.6) is 5.75 Å². The number of phenolic OH excluding ortho intramolecular Hbond substituents is 1. The number of hydrogen-bond donors (Lipinski definition) is 6. The Morgan fingerprint density at radius 2 is 1.77 bits per heavy atom. The fourth-order valence-electron chi connectivity index (χ4n) is 6.13. The lowest BCUT2D eigenvalue weighted by molar-refractivity contribution is -0.153. The lowest BCUT2D eigenvalue weighted by Crippen LogP contribution is -2.65. The van der Waals surface area contributed by atoms with E-state index in [1.165, 1.54) is 19.0 Å². The molecule has 7 N–H and O–H groups in total. The summed E-state index contributed by atoms with van der Waals surface area (Å²) in [4.78, 5) is 54.2. The highest BCUT2D eigenvalue weighted by molar-refractivity contribution is 9.10. The second-order valence-electron chi connectivity index (χ2n) is 10.7. The number of primary amides is 1. The molecule has 2 amide bonds. The fraction of sp³-hybridized carbons (Fsp3) is 0.462. The van der Waals surface area contributed by atoms with E-state index in [0.717, 1.165) is 0 Å². The summed E-state index contributed by atoms with van der Waals surface area (Å²) < 4.78 is 0. The van der Waals surface area contributed by atoms with Crippen LogP contribution in [0.2, 0.25) is 5.02 Å². The van der Waals surface area contributed by atoms with Crippen molar-refractivity contribution in [2.45, 2.75) is 36.2 Å². The average molecular weight is 642 g/mol. The maximum absolute atomic E-state index is 14.0. The first-order chi connectivity index (χ1) is 18.5. The van der Waals surface area contributed by atoms with Crippen LogP contribution >= 0.6 is 27.5 Å². The van der Waals surface area contributed by atoms with Crippen LogP contribution in [0.1, 0.15) is 24.5 Å². The van der Waals surface area contributed by atoms with Gasteiger partial charge in [-0.1, -0.05) is 27.5 Å². The van der Waals surface area contributed by atoms with Crippen LogP contribution in [0.3, 0.4) is 0 Å². The predicted molar refractivity (Wildman–Crippen MR) is 151 cm³/mol. The molecule has 0 aliphatic heterocycles. The molecule has 3 aliphatic carbocycles. The summed E-state index contributed by atoms with van der Waals surface area (Å²) >= 11 is 9.80. The molecule has 0 saturated heterocycles. The number of nitrogens with two attached hydrogens (primary N) is 1. The monoisotopic (exact) mass is 640 g/mol. The van der Waals surface area contributed by atoms with E-state index in [1.807, 2.05) is 0 Å². The van der Waals surface area contributed by atoms with Crippen molar-refractivity contribution in [3.05, 3.63) is 33.1 Å². The first-order valence-electron chi connectivity index (χ1n) is 12.3. The standard InChI is InChI=1S/C26H30BrClN4O8/c1-8(27)25(39)30-16-15(28)17(31(2)3)10-6-9-7-11-18(32(4)5)21(35)14(24(29)38)23(37)26(11,40)22(36)12(9)19(33)13(10)20(16)34/h8-9,11,18,33-34,37,40H,6-7H2,1-5H3,(H2,29,38)(H,30,39)/t8?,9?,11?,18-,26-/m0/s1. The molecule has 0 aromatic heterocycles. The van der Waals surface area contributed by atoms with E-state index in [9.17, 15) is 39.6 Å². The van der Waals surface area contributed by atoms with Gasteiger partial charge in [0, 0.05) is 25.6 Å². The van der Waals surface area contributed by atoms with Crippen LogP contribution in [0.4, 0.5) is 11.4 Å². The molecule has 0 spiro atoms. The van der Waals surface area contributed by atoms with Crippen LogP contribution in [0, 0.1) is 11.8 Å². The molecule has 3 unspecified atom stereocenters. The SMILES string of the molecule is CC(Br)C(=O)Nc1c(O)c2c(c(N(C)C)c1Cl)CC1CC3[C@H](N(C)C)C(=O)C(C(N)=O)=C(O)[C@@]3(O)C(=O)C1=C2O. The van der Waals surface area contributed by atoms with Gasteiger partial charge in [0.15, 0.2) is 17.1 Å². The summed E-state index contributed by atoms with van der Waals surface area (Å²) in [6.07, 6.45) is -0.00495. The summed E-state index contributed by atoms with van der Waals surface area (Å²) in [5.41, 5.74) is 1.78. The lowest BCUT2D eigenvalue weighted by atomic mass is 9.57. The van der Waals surface area contributed by atoms with Gasteiger partial charge in [-0.15, -0.1) is 0 Å². The highest BCUT2D eigenvalue weighted by Gasteiger charge is 2.64. The van der Waals surface area contributed by atoms with Crippen LogP contribution < -0.4 is 16.0 Å². The number of ketones is 2. The molecule has 1 saturated carbocycles. The summed E-state index contributed by atoms with van der Waals surface area (Å²) in [7, 11) is 6.40. The van der Waals surface area contributed by atoms with Gasteiger partial charge in [0.05, 0.1) is 27.1 Å². The van der Waals surface area contributed by atoms with Crippen LogP contribution in [-0.2, 0) is 25.6 Å². The van der Waals surface area contributed by atoms with Crippen LogP contribution in [-0.4, -0.2) is 93.4 Å². The van der Waals surface area contributed by atoms with Crippen molar-refractivity contribution in [3.8, 4) is 5.75 Å². The maximum Gasteiger partial charge on any atom is 0.255 e. The minimum Gasteiger partial charge on any atom is -0.508 e. The molecule has 12 nitrogen and oxygen atoms in total. The van der Waals surface area contributed by atoms with E-state index < -0.39 is 74.5 Å². The third-order valence-corrected chi connectivity index (χ3v) is 8.64. The number of nitrogens with zero attached hydrogens (tertiary/aromatic N) is 2. The zero-order valence-electron chi connectivity index (χ0n) is 22.4. The number of benzene rings is 1. The molecule has 216 valence electrons. The Labute approximate surface area is 243 Å². The quantitative estimate of drug-likeness (QED) is 0.156. The average Bonchev–Trinajstić information content (AvgIpc) is 2.83. The van der Waals surface area contributed by atoms with Gasteiger partial charge < -0.3 is 36.4 Å². The first kappa shape index (κ1) is 29.8. The predicted octanol–water partition coefficient (Wildman–Crippen LogP) is 1.41. The molecule has 1 aromatic carbocycles. The van der Waals surface area contributed by atoms with Gasteiger partial charge in [0.1, 0.15) is 22.8 Å². The van der Waals surface area contributed by atoms with E-state index in [1.54, 1.807) is 25.9 Å². The molecule has 4 rings (SSSR count). The van der Waals surface area contributed by atoms with Gasteiger partial charge >= 0.3 is 0 Å². The van der Waals surface area contributed by atoms with Crippen LogP contribution in [0.25, 0.3) is 5.76 Å². The Hall–Kier alpha value is -3.13. The summed E-state index contributed by atoms with van der Waals surface area (Å²) in [5, 5.41) is 48.0. The van der Waals surface area contributed by atoms with Crippen molar-refractivity contribution in [2.24, 2.45) is 17.6 Å². The summed E-state index contributed by atoms with van der Waals surface area (Å²) in [6.45, 7) is 1.56. The number of aliphatic hydroxyl groups is 3. The van der Waals surface area contributed by atoms with Crippen molar-refractivity contribution < 1.29 is 39.6 Å². The number of carbonyl (C=O) groups is 4. The number of alkyl halides is 1. The van der Waals surface area contributed by atoms with Crippen molar-refractivity contribution in [1.29, 1.82) is 0 Å². The molecule has 5 atom stereocenters. The Bertz CT molecular complexity index is 1440. The Morgan fingerprint density at radius 1 is 1.18 bits per heavy atom. The van der Waals surface area contributed by atoms with E-state index >= 15 is 0 Å². The molecule has 0 heterocycles. The minimum absolute atomic E-state index is 0.00308. The molecule has 14 heteroatoms. The number of aliphatic hydroxyl groups excluding tert-OH is 2. The number of nitrogens with one attached hydrogen (secondary N) is 1.